The van der Waals surface area contributed by atoms with Crippen molar-refractivity contribution in [1.82, 2.24) is 15.7 Å². The highest BCUT2D eigenvalue weighted by molar-refractivity contribution is 9.10. The summed E-state index contributed by atoms with van der Waals surface area (Å²) in [4.78, 5) is 35.3. The number of amides is 3. The summed E-state index contributed by atoms with van der Waals surface area (Å²) < 4.78 is 5.57. The maximum absolute atomic E-state index is 12.5. The number of unbranched alkanes of at least 4 members (excludes halogenated alkanes) is 2. The Morgan fingerprint density at radius 1 is 1.31 bits per heavy atom. The first kappa shape index (κ1) is 22.2. The fourth-order valence-corrected chi connectivity index (χ4v) is 3.02. The first-order valence-electron chi connectivity index (χ1n) is 8.68. The minimum atomic E-state index is -0.610. The molecule has 1 heterocycles. The van der Waals surface area contributed by atoms with Crippen molar-refractivity contribution < 1.29 is 24.0 Å². The van der Waals surface area contributed by atoms with Crippen LogP contribution < -0.4 is 10.6 Å². The molecule has 0 spiro atoms. The molecule has 2 atom stereocenters. The normalized spacial score (nSPS) is 12.9. The molecule has 3 N–H and O–H groups in total. The number of halogens is 1. The van der Waals surface area contributed by atoms with Crippen LogP contribution in [0, 0.1) is 5.92 Å². The van der Waals surface area contributed by atoms with Crippen LogP contribution in [0.5, 0.6) is 0 Å². The predicted octanol–water partition coefficient (Wildman–Crippen LogP) is 2.67. The van der Waals surface area contributed by atoms with E-state index in [1.54, 1.807) is 13.0 Å². The number of hydrogen-bond donors (Lipinski definition) is 3. The van der Waals surface area contributed by atoms with Gasteiger partial charge in [0.25, 0.3) is 5.91 Å². The predicted molar refractivity (Wildman–Crippen MR) is 98.3 cm³/mol. The van der Waals surface area contributed by atoms with Crippen LogP contribution >= 0.6 is 15.9 Å². The third kappa shape index (κ3) is 6.80. The zero-order chi connectivity index (χ0) is 19.5. The van der Waals surface area contributed by atoms with Crippen LogP contribution in [0.3, 0.4) is 0 Å². The van der Waals surface area contributed by atoms with Gasteiger partial charge in [0, 0.05) is 0 Å². The topological polar surface area (TPSA) is 112 Å². The van der Waals surface area contributed by atoms with Gasteiger partial charge in [-0.05, 0) is 40.9 Å². The summed E-state index contributed by atoms with van der Waals surface area (Å²) in [5.74, 6) is -1.21. The van der Waals surface area contributed by atoms with E-state index in [4.69, 9.17) is 4.42 Å². The second-order valence-electron chi connectivity index (χ2n) is 5.89. The maximum Gasteiger partial charge on any atom is 0.288 e. The average molecular weight is 432 g/mol. The molecule has 1 aromatic heterocycles. The molecule has 8 nitrogen and oxygen atoms in total. The molecule has 1 aromatic rings. The van der Waals surface area contributed by atoms with Gasteiger partial charge in [-0.3, -0.25) is 19.6 Å². The van der Waals surface area contributed by atoms with Crippen molar-refractivity contribution in [3.8, 4) is 0 Å². The summed E-state index contributed by atoms with van der Waals surface area (Å²) in [7, 11) is 0. The van der Waals surface area contributed by atoms with Gasteiger partial charge in [0.2, 0.25) is 12.3 Å². The largest absolute Gasteiger partial charge is 0.444 e. The number of furan rings is 1. The van der Waals surface area contributed by atoms with Crippen molar-refractivity contribution in [2.24, 2.45) is 5.92 Å². The number of carbonyl (C=O) groups is 3. The Labute approximate surface area is 161 Å². The summed E-state index contributed by atoms with van der Waals surface area (Å²) in [5.41, 5.74) is 0. The van der Waals surface area contributed by atoms with E-state index in [0.717, 1.165) is 19.3 Å². The highest BCUT2D eigenvalue weighted by Gasteiger charge is 2.30. The molecule has 146 valence electrons. The molecule has 0 fully saturated rings. The molecule has 0 saturated heterocycles. The number of rotatable bonds is 12. The smallest absolute Gasteiger partial charge is 0.288 e. The van der Waals surface area contributed by atoms with Gasteiger partial charge in [-0.25, -0.2) is 5.06 Å². The van der Waals surface area contributed by atoms with E-state index in [9.17, 15) is 19.6 Å². The maximum atomic E-state index is 12.5. The van der Waals surface area contributed by atoms with E-state index in [1.807, 2.05) is 0 Å². The number of nitrogens with one attached hydrogen (secondary N) is 2. The Bertz CT molecular complexity index is 593. The van der Waals surface area contributed by atoms with Crippen molar-refractivity contribution in [3.63, 3.8) is 0 Å². The third-order valence-corrected chi connectivity index (χ3v) is 4.52. The third-order valence-electron chi connectivity index (χ3n) is 4.09. The molecule has 0 radical (unpaired) electrons. The zero-order valence-corrected chi connectivity index (χ0v) is 16.6. The summed E-state index contributed by atoms with van der Waals surface area (Å²) in [5, 5.41) is 15.5. The lowest BCUT2D eigenvalue weighted by Crippen LogP contribution is -2.47. The van der Waals surface area contributed by atoms with E-state index in [0.29, 0.717) is 29.0 Å². The standard InChI is InChI=1S/C17H26BrN3O5/c1-3-5-6-7-12(13(4-2)21(25)11-22)16(23)19-10-20-17(24)14-8-9-15(18)26-14/h8-9,11-13,25H,3-7,10H2,1-2H3,(H,19,23)(H,20,24)/t12-,13-/m1/s1. The van der Waals surface area contributed by atoms with E-state index >= 15 is 0 Å². The molecular formula is C17H26BrN3O5. The Kier molecular flexibility index (Phi) is 9.97. The summed E-state index contributed by atoms with van der Waals surface area (Å²) in [6, 6.07) is 2.50. The molecule has 0 aliphatic heterocycles. The second kappa shape index (κ2) is 11.7. The number of carbonyl (C=O) groups excluding carboxylic acids is 3. The van der Waals surface area contributed by atoms with Gasteiger partial charge in [-0.2, -0.15) is 0 Å². The van der Waals surface area contributed by atoms with Gasteiger partial charge in [0.1, 0.15) is 0 Å². The minimum absolute atomic E-state index is 0.0801. The fourth-order valence-electron chi connectivity index (χ4n) is 2.71. The van der Waals surface area contributed by atoms with Gasteiger partial charge < -0.3 is 15.1 Å². The summed E-state index contributed by atoms with van der Waals surface area (Å²) in [6.45, 7) is 3.77. The number of nitrogens with zero attached hydrogens (tertiary/aromatic N) is 1. The van der Waals surface area contributed by atoms with Crippen LogP contribution in [0.15, 0.2) is 21.2 Å². The van der Waals surface area contributed by atoms with Gasteiger partial charge in [-0.15, -0.1) is 0 Å². The lowest BCUT2D eigenvalue weighted by Gasteiger charge is -2.29. The average Bonchev–Trinajstić information content (AvgIpc) is 3.07. The highest BCUT2D eigenvalue weighted by Crippen LogP contribution is 2.20. The quantitative estimate of drug-likeness (QED) is 0.155. The van der Waals surface area contributed by atoms with Gasteiger partial charge >= 0.3 is 0 Å². The zero-order valence-electron chi connectivity index (χ0n) is 15.0. The molecule has 1 rings (SSSR count). The van der Waals surface area contributed by atoms with E-state index in [-0.39, 0.29) is 18.3 Å². The van der Waals surface area contributed by atoms with E-state index in [1.165, 1.54) is 6.07 Å². The van der Waals surface area contributed by atoms with Crippen LogP contribution in [0.4, 0.5) is 0 Å². The molecular weight excluding hydrogens is 406 g/mol. The first-order chi connectivity index (χ1) is 12.4. The Morgan fingerprint density at radius 2 is 2.04 bits per heavy atom. The highest BCUT2D eigenvalue weighted by atomic mass is 79.9. The fraction of sp³-hybridized carbons (Fsp3) is 0.588. The van der Waals surface area contributed by atoms with Crippen LogP contribution in [-0.4, -0.2) is 41.2 Å². The molecule has 0 aliphatic rings. The van der Waals surface area contributed by atoms with E-state index < -0.39 is 17.9 Å². The SMILES string of the molecule is CCCCC[C@@H](C(=O)NCNC(=O)c1ccc(Br)o1)[C@@H](CC)N(O)C=O. The van der Waals surface area contributed by atoms with Crippen LogP contribution in [0.1, 0.15) is 56.5 Å². The summed E-state index contributed by atoms with van der Waals surface area (Å²) >= 11 is 3.11. The molecule has 0 bridgehead atoms. The number of hydrogen-bond acceptors (Lipinski definition) is 5. The number of hydroxylamine groups is 2. The van der Waals surface area contributed by atoms with Crippen molar-refractivity contribution in [1.29, 1.82) is 0 Å². The summed E-state index contributed by atoms with van der Waals surface area (Å²) in [6.07, 6.45) is 4.05. The van der Waals surface area contributed by atoms with Crippen LogP contribution in [0.25, 0.3) is 0 Å². The Balaban J connectivity index is 2.62. The Hall–Kier alpha value is -1.87. The van der Waals surface area contributed by atoms with Crippen LogP contribution in [-0.2, 0) is 9.59 Å². The molecule has 3 amide bonds. The second-order valence-corrected chi connectivity index (χ2v) is 6.67. The molecule has 0 saturated carbocycles. The van der Waals surface area contributed by atoms with E-state index in [2.05, 4.69) is 33.5 Å². The van der Waals surface area contributed by atoms with Crippen molar-refractivity contribution in [2.75, 3.05) is 6.67 Å². The molecule has 26 heavy (non-hydrogen) atoms. The van der Waals surface area contributed by atoms with Gasteiger partial charge in [0.15, 0.2) is 10.4 Å². The molecule has 0 aliphatic carbocycles. The Morgan fingerprint density at radius 3 is 2.58 bits per heavy atom. The molecule has 9 heteroatoms. The van der Waals surface area contributed by atoms with Crippen molar-refractivity contribution in [2.45, 2.75) is 52.0 Å². The van der Waals surface area contributed by atoms with Crippen molar-refractivity contribution in [3.05, 3.63) is 22.6 Å². The van der Waals surface area contributed by atoms with Crippen LogP contribution in [0.2, 0.25) is 0 Å². The lowest BCUT2D eigenvalue weighted by atomic mass is 9.90. The monoisotopic (exact) mass is 431 g/mol. The first-order valence-corrected chi connectivity index (χ1v) is 9.47. The lowest BCUT2D eigenvalue weighted by molar-refractivity contribution is -0.168. The van der Waals surface area contributed by atoms with Crippen molar-refractivity contribution >= 4 is 34.2 Å². The van der Waals surface area contributed by atoms with Gasteiger partial charge in [0.05, 0.1) is 18.6 Å². The minimum Gasteiger partial charge on any atom is -0.444 e. The molecule has 0 unspecified atom stereocenters. The molecule has 0 aromatic carbocycles. The van der Waals surface area contributed by atoms with Gasteiger partial charge in [-0.1, -0.05) is 33.1 Å².